The van der Waals surface area contributed by atoms with Crippen LogP contribution in [0.3, 0.4) is 0 Å². The summed E-state index contributed by atoms with van der Waals surface area (Å²) in [5.74, 6) is 7.18. The van der Waals surface area contributed by atoms with Gasteiger partial charge in [0, 0.05) is 13.1 Å². The Kier molecular flexibility index (Phi) is 4.73. The van der Waals surface area contributed by atoms with E-state index in [1.165, 1.54) is 19.3 Å². The summed E-state index contributed by atoms with van der Waals surface area (Å²) >= 11 is 0. The molecule has 0 radical (unpaired) electrons. The number of rotatable bonds is 5. The van der Waals surface area contributed by atoms with Crippen LogP contribution in [0.25, 0.3) is 0 Å². The maximum Gasteiger partial charge on any atom is 0.323 e. The average molecular weight is 266 g/mol. The van der Waals surface area contributed by atoms with Gasteiger partial charge < -0.3 is 9.64 Å². The number of hydrazine groups is 1. The Balaban J connectivity index is 2.12. The molecule has 7 heteroatoms. The van der Waals surface area contributed by atoms with Crippen molar-refractivity contribution in [2.75, 3.05) is 30.0 Å². The number of anilines is 2. The molecule has 0 atom stereocenters. The molecule has 0 saturated carbocycles. The predicted molar refractivity (Wildman–Crippen MR) is 74.0 cm³/mol. The lowest BCUT2D eigenvalue weighted by Gasteiger charge is -2.31. The zero-order valence-electron chi connectivity index (χ0n) is 11.6. The number of nitrogens with one attached hydrogen (secondary N) is 1. The third-order valence-corrected chi connectivity index (χ3v) is 3.48. The summed E-state index contributed by atoms with van der Waals surface area (Å²) in [6.07, 6.45) is 3.60. The van der Waals surface area contributed by atoms with E-state index in [-0.39, 0.29) is 0 Å². The van der Waals surface area contributed by atoms with Crippen LogP contribution >= 0.6 is 0 Å². The minimum absolute atomic E-state index is 0.318. The van der Waals surface area contributed by atoms with Gasteiger partial charge in [-0.1, -0.05) is 13.3 Å². The molecule has 1 aromatic heterocycles. The summed E-state index contributed by atoms with van der Waals surface area (Å²) in [5, 5.41) is 0. The Labute approximate surface area is 113 Å². The molecule has 0 bridgehead atoms. The smallest absolute Gasteiger partial charge is 0.323 e. The number of hydrogen-bond acceptors (Lipinski definition) is 7. The maximum atomic E-state index is 5.38. The van der Waals surface area contributed by atoms with Gasteiger partial charge in [-0.25, -0.2) is 5.84 Å². The fourth-order valence-electron chi connectivity index (χ4n) is 2.29. The van der Waals surface area contributed by atoms with E-state index < -0.39 is 0 Å². The van der Waals surface area contributed by atoms with Crippen molar-refractivity contribution >= 4 is 11.9 Å². The lowest BCUT2D eigenvalue weighted by atomic mass is 9.95. The summed E-state index contributed by atoms with van der Waals surface area (Å²) in [5.41, 5.74) is 2.46. The first-order chi connectivity index (χ1) is 9.26. The molecule has 7 nitrogen and oxygen atoms in total. The molecule has 0 spiro atoms. The largest absolute Gasteiger partial charge is 0.464 e. The molecule has 1 fully saturated rings. The minimum atomic E-state index is 0.318. The van der Waals surface area contributed by atoms with Gasteiger partial charge in [-0.05, 0) is 25.7 Å². The number of ether oxygens (including phenoxy) is 1. The SMILES string of the molecule is CCOc1nc(NN)nc(N2CCC(CC)CC2)n1. The van der Waals surface area contributed by atoms with Crippen molar-refractivity contribution in [3.63, 3.8) is 0 Å². The molecule has 2 rings (SSSR count). The van der Waals surface area contributed by atoms with Gasteiger partial charge in [0.05, 0.1) is 6.61 Å². The molecule has 2 heterocycles. The topological polar surface area (TPSA) is 89.2 Å². The van der Waals surface area contributed by atoms with Crippen molar-refractivity contribution in [1.29, 1.82) is 0 Å². The molecule has 106 valence electrons. The molecule has 1 aliphatic heterocycles. The van der Waals surface area contributed by atoms with E-state index in [0.29, 0.717) is 24.5 Å². The van der Waals surface area contributed by atoms with Gasteiger partial charge in [-0.2, -0.15) is 15.0 Å². The van der Waals surface area contributed by atoms with Crippen LogP contribution in [0, 0.1) is 5.92 Å². The van der Waals surface area contributed by atoms with Gasteiger partial charge >= 0.3 is 6.01 Å². The third-order valence-electron chi connectivity index (χ3n) is 3.48. The monoisotopic (exact) mass is 266 g/mol. The molecule has 1 aliphatic rings. The van der Waals surface area contributed by atoms with Crippen molar-refractivity contribution < 1.29 is 4.74 Å². The molecule has 0 unspecified atom stereocenters. The second-order valence-electron chi connectivity index (χ2n) is 4.66. The lowest BCUT2D eigenvalue weighted by Crippen LogP contribution is -2.35. The van der Waals surface area contributed by atoms with E-state index in [4.69, 9.17) is 10.6 Å². The zero-order chi connectivity index (χ0) is 13.7. The minimum Gasteiger partial charge on any atom is -0.464 e. The molecular formula is C12H22N6O. The van der Waals surface area contributed by atoms with Crippen LogP contribution in [0.1, 0.15) is 33.1 Å². The number of nitrogens with zero attached hydrogens (tertiary/aromatic N) is 4. The molecule has 1 aromatic rings. The Morgan fingerprint density at radius 3 is 2.58 bits per heavy atom. The van der Waals surface area contributed by atoms with Crippen molar-refractivity contribution in [1.82, 2.24) is 15.0 Å². The molecule has 0 amide bonds. The normalized spacial score (nSPS) is 16.5. The first-order valence-electron chi connectivity index (χ1n) is 6.87. The highest BCUT2D eigenvalue weighted by Gasteiger charge is 2.21. The highest BCUT2D eigenvalue weighted by atomic mass is 16.5. The second-order valence-corrected chi connectivity index (χ2v) is 4.66. The van der Waals surface area contributed by atoms with Gasteiger partial charge in [0.2, 0.25) is 11.9 Å². The first-order valence-corrected chi connectivity index (χ1v) is 6.87. The van der Waals surface area contributed by atoms with Crippen molar-refractivity contribution in [2.24, 2.45) is 11.8 Å². The number of nitrogens with two attached hydrogens (primary N) is 1. The van der Waals surface area contributed by atoms with E-state index in [2.05, 4.69) is 32.2 Å². The predicted octanol–water partition coefficient (Wildman–Crippen LogP) is 1.18. The van der Waals surface area contributed by atoms with Crippen molar-refractivity contribution in [2.45, 2.75) is 33.1 Å². The number of nitrogen functional groups attached to an aromatic ring is 1. The van der Waals surface area contributed by atoms with Gasteiger partial charge in [0.25, 0.3) is 0 Å². The Morgan fingerprint density at radius 2 is 2.00 bits per heavy atom. The number of hydrogen-bond donors (Lipinski definition) is 2. The quantitative estimate of drug-likeness (QED) is 0.611. The zero-order valence-corrected chi connectivity index (χ0v) is 11.6. The number of aromatic nitrogens is 3. The highest BCUT2D eigenvalue weighted by molar-refractivity contribution is 5.38. The van der Waals surface area contributed by atoms with E-state index in [0.717, 1.165) is 19.0 Å². The third kappa shape index (κ3) is 3.44. The van der Waals surface area contributed by atoms with E-state index in [1.54, 1.807) is 0 Å². The highest BCUT2D eigenvalue weighted by Crippen LogP contribution is 2.24. The summed E-state index contributed by atoms with van der Waals surface area (Å²) in [4.78, 5) is 14.9. The lowest BCUT2D eigenvalue weighted by molar-refractivity contribution is 0.311. The van der Waals surface area contributed by atoms with Crippen LogP contribution in [0.15, 0.2) is 0 Å². The van der Waals surface area contributed by atoms with E-state index in [1.807, 2.05) is 6.92 Å². The Hall–Kier alpha value is -1.63. The standard InChI is InChI=1S/C12H22N6O/c1-3-9-5-7-18(8-6-9)11-14-10(17-13)15-12(16-11)19-4-2/h9H,3-8,13H2,1-2H3,(H,14,15,16,17). The van der Waals surface area contributed by atoms with Gasteiger partial charge in [0.1, 0.15) is 0 Å². The summed E-state index contributed by atoms with van der Waals surface area (Å²) in [7, 11) is 0. The van der Waals surface area contributed by atoms with Crippen LogP contribution in [-0.2, 0) is 0 Å². The van der Waals surface area contributed by atoms with Crippen LogP contribution in [0.5, 0.6) is 6.01 Å². The van der Waals surface area contributed by atoms with Crippen LogP contribution in [0.2, 0.25) is 0 Å². The first kappa shape index (κ1) is 13.8. The van der Waals surface area contributed by atoms with Gasteiger partial charge in [-0.15, -0.1) is 0 Å². The summed E-state index contributed by atoms with van der Waals surface area (Å²) in [6, 6.07) is 0.318. The molecular weight excluding hydrogens is 244 g/mol. The Morgan fingerprint density at radius 1 is 1.26 bits per heavy atom. The molecule has 3 N–H and O–H groups in total. The maximum absolute atomic E-state index is 5.38. The van der Waals surface area contributed by atoms with Gasteiger partial charge in [0.15, 0.2) is 0 Å². The Bertz CT molecular complexity index is 405. The average Bonchev–Trinajstić information content (AvgIpc) is 2.47. The van der Waals surface area contributed by atoms with Crippen molar-refractivity contribution in [3.8, 4) is 6.01 Å². The molecule has 1 saturated heterocycles. The van der Waals surface area contributed by atoms with Gasteiger partial charge in [-0.3, -0.25) is 5.43 Å². The molecule has 0 aliphatic carbocycles. The number of piperidine rings is 1. The summed E-state index contributed by atoms with van der Waals surface area (Å²) < 4.78 is 5.34. The fraction of sp³-hybridized carbons (Fsp3) is 0.750. The molecule has 19 heavy (non-hydrogen) atoms. The van der Waals surface area contributed by atoms with Crippen LogP contribution in [-0.4, -0.2) is 34.6 Å². The van der Waals surface area contributed by atoms with Crippen molar-refractivity contribution in [3.05, 3.63) is 0 Å². The summed E-state index contributed by atoms with van der Waals surface area (Å²) in [6.45, 7) is 6.60. The second kappa shape index (κ2) is 6.51. The molecule has 0 aromatic carbocycles. The fourth-order valence-corrected chi connectivity index (χ4v) is 2.29. The van der Waals surface area contributed by atoms with Crippen LogP contribution < -0.4 is 20.9 Å². The van der Waals surface area contributed by atoms with E-state index >= 15 is 0 Å². The van der Waals surface area contributed by atoms with E-state index in [9.17, 15) is 0 Å². The van der Waals surface area contributed by atoms with Crippen LogP contribution in [0.4, 0.5) is 11.9 Å².